The number of thiophene rings is 2. The number of fused-ring (bicyclic) bond motifs is 1. The largest absolute Gasteiger partial charge is 0.383 e. The number of nitrogens with two attached hydrogens (primary N) is 2. The van der Waals surface area contributed by atoms with Gasteiger partial charge in [0.05, 0.1) is 15.8 Å². The Balaban J connectivity index is 2.24. The average Bonchev–Trinajstić information content (AvgIpc) is 3.05. The van der Waals surface area contributed by atoms with Crippen molar-refractivity contribution in [3.63, 3.8) is 0 Å². The van der Waals surface area contributed by atoms with Gasteiger partial charge in [-0.15, -0.1) is 22.7 Å². The van der Waals surface area contributed by atoms with Gasteiger partial charge in [0.25, 0.3) is 5.91 Å². The van der Waals surface area contributed by atoms with Crippen molar-refractivity contribution in [2.75, 3.05) is 5.73 Å². The van der Waals surface area contributed by atoms with Gasteiger partial charge in [0.2, 0.25) is 0 Å². The molecule has 0 aliphatic heterocycles. The van der Waals surface area contributed by atoms with Crippen molar-refractivity contribution in [2.24, 2.45) is 5.73 Å². The van der Waals surface area contributed by atoms with Crippen LogP contribution in [0.5, 0.6) is 0 Å². The maximum atomic E-state index is 11.4. The zero-order chi connectivity index (χ0) is 14.3. The minimum atomic E-state index is -0.528. The van der Waals surface area contributed by atoms with E-state index in [-0.39, 0.29) is 0 Å². The third kappa shape index (κ3) is 1.91. The number of primary amides is 1. The fraction of sp³-hybridized carbons (Fsp3) is 0. The zero-order valence-corrected chi connectivity index (χ0v) is 11.7. The highest BCUT2D eigenvalue weighted by molar-refractivity contribution is 7.26. The fourth-order valence-electron chi connectivity index (χ4n) is 1.86. The first-order chi connectivity index (χ1) is 9.60. The van der Waals surface area contributed by atoms with Gasteiger partial charge in [-0.1, -0.05) is 0 Å². The highest BCUT2D eigenvalue weighted by Crippen LogP contribution is 2.39. The molecule has 3 rings (SSSR count). The molecule has 0 aromatic carbocycles. The minimum Gasteiger partial charge on any atom is -0.383 e. The molecule has 0 bridgehead atoms. The Labute approximate surface area is 122 Å². The lowest BCUT2D eigenvalue weighted by Gasteiger charge is -1.99. The number of nitrogen functional groups attached to an aromatic ring is 1. The van der Waals surface area contributed by atoms with Gasteiger partial charge in [-0.3, -0.25) is 4.79 Å². The van der Waals surface area contributed by atoms with E-state index in [9.17, 15) is 4.79 Å². The maximum Gasteiger partial charge on any atom is 0.251 e. The summed E-state index contributed by atoms with van der Waals surface area (Å²) in [6.07, 6.45) is 1.40. The second-order valence-corrected chi connectivity index (χ2v) is 6.05. The zero-order valence-electron chi connectivity index (χ0n) is 10.1. The molecule has 7 heteroatoms. The average molecular weight is 300 g/mol. The first-order valence-corrected chi connectivity index (χ1v) is 7.26. The molecule has 4 N–H and O–H groups in total. The lowest BCUT2D eigenvalue weighted by molar-refractivity contribution is 0.100. The summed E-state index contributed by atoms with van der Waals surface area (Å²) in [5.41, 5.74) is 12.2. The summed E-state index contributed by atoms with van der Waals surface area (Å²) in [4.78, 5) is 17.3. The van der Waals surface area contributed by atoms with Crippen LogP contribution >= 0.6 is 22.7 Å². The summed E-state index contributed by atoms with van der Waals surface area (Å²) >= 11 is 2.90. The van der Waals surface area contributed by atoms with E-state index in [2.05, 4.69) is 11.1 Å². The van der Waals surface area contributed by atoms with Crippen LogP contribution in [0.1, 0.15) is 15.9 Å². The molecule has 0 radical (unpaired) electrons. The smallest absolute Gasteiger partial charge is 0.251 e. The first-order valence-electron chi connectivity index (χ1n) is 5.57. The quantitative estimate of drug-likeness (QED) is 0.758. The lowest BCUT2D eigenvalue weighted by atomic mass is 10.2. The van der Waals surface area contributed by atoms with Gasteiger partial charge < -0.3 is 11.5 Å². The predicted octanol–water partition coefficient (Wildman–Crippen LogP) is 2.58. The predicted molar refractivity (Wildman–Crippen MR) is 80.6 cm³/mol. The number of carbonyl (C=O) groups is 1. The van der Waals surface area contributed by atoms with E-state index >= 15 is 0 Å². The van der Waals surface area contributed by atoms with Crippen molar-refractivity contribution in [3.8, 4) is 15.8 Å². The van der Waals surface area contributed by atoms with E-state index in [0.29, 0.717) is 22.3 Å². The number of carbonyl (C=O) groups excluding carboxylic acids is 1. The SMILES string of the molecule is N#Cc1csc(-c2cc3c(N)ncc(C(N)=O)c3s2)c1. The molecule has 0 atom stereocenters. The third-order valence-electron chi connectivity index (χ3n) is 2.82. The Kier molecular flexibility index (Phi) is 2.89. The summed E-state index contributed by atoms with van der Waals surface area (Å²) in [5, 5.41) is 11.4. The molecular formula is C13H8N4OS2. The van der Waals surface area contributed by atoms with Crippen LogP contribution in [-0.4, -0.2) is 10.9 Å². The number of nitrogens with zero attached hydrogens (tertiary/aromatic N) is 2. The van der Waals surface area contributed by atoms with E-state index in [0.717, 1.165) is 14.5 Å². The van der Waals surface area contributed by atoms with Gasteiger partial charge in [-0.2, -0.15) is 5.26 Å². The maximum absolute atomic E-state index is 11.4. The molecule has 3 heterocycles. The van der Waals surface area contributed by atoms with E-state index < -0.39 is 5.91 Å². The van der Waals surface area contributed by atoms with Crippen LogP contribution in [0, 0.1) is 11.3 Å². The van der Waals surface area contributed by atoms with Crippen LogP contribution in [0.25, 0.3) is 19.8 Å². The summed E-state index contributed by atoms with van der Waals surface area (Å²) in [5.74, 6) is -0.163. The summed E-state index contributed by atoms with van der Waals surface area (Å²) in [7, 11) is 0. The summed E-state index contributed by atoms with van der Waals surface area (Å²) < 4.78 is 0.729. The number of aromatic nitrogens is 1. The first kappa shape index (κ1) is 12.6. The van der Waals surface area contributed by atoms with Gasteiger partial charge in [0.1, 0.15) is 11.9 Å². The number of hydrogen-bond donors (Lipinski definition) is 2. The van der Waals surface area contributed by atoms with Crippen LogP contribution in [0.2, 0.25) is 0 Å². The van der Waals surface area contributed by atoms with Crippen LogP contribution in [0.15, 0.2) is 23.7 Å². The second-order valence-electron chi connectivity index (χ2n) is 4.09. The molecule has 0 fully saturated rings. The Morgan fingerprint density at radius 3 is 2.80 bits per heavy atom. The van der Waals surface area contributed by atoms with Crippen molar-refractivity contribution in [1.82, 2.24) is 4.98 Å². The molecule has 3 aromatic heterocycles. The normalized spacial score (nSPS) is 10.6. The number of rotatable bonds is 2. The van der Waals surface area contributed by atoms with E-state index in [4.69, 9.17) is 16.7 Å². The minimum absolute atomic E-state index is 0.363. The summed E-state index contributed by atoms with van der Waals surface area (Å²) in [6, 6.07) is 5.78. The van der Waals surface area contributed by atoms with Crippen molar-refractivity contribution < 1.29 is 4.79 Å². The fourth-order valence-corrected chi connectivity index (χ4v) is 3.97. The highest BCUT2D eigenvalue weighted by atomic mass is 32.1. The molecule has 0 unspecified atom stereocenters. The molecule has 1 amide bonds. The lowest BCUT2D eigenvalue weighted by Crippen LogP contribution is -2.11. The van der Waals surface area contributed by atoms with Gasteiger partial charge in [-0.25, -0.2) is 4.98 Å². The molecule has 0 spiro atoms. The van der Waals surface area contributed by atoms with Crippen LogP contribution in [0.3, 0.4) is 0 Å². The second kappa shape index (κ2) is 4.59. The summed E-state index contributed by atoms with van der Waals surface area (Å²) in [6.45, 7) is 0. The van der Waals surface area contributed by atoms with Crippen molar-refractivity contribution in [2.45, 2.75) is 0 Å². The molecular weight excluding hydrogens is 292 g/mol. The molecule has 0 aliphatic carbocycles. The monoisotopic (exact) mass is 300 g/mol. The highest BCUT2D eigenvalue weighted by Gasteiger charge is 2.15. The van der Waals surface area contributed by atoms with Gasteiger partial charge in [0, 0.05) is 26.7 Å². The van der Waals surface area contributed by atoms with Crippen molar-refractivity contribution in [1.29, 1.82) is 5.26 Å². The Bertz CT molecular complexity index is 872. The third-order valence-corrected chi connectivity index (χ3v) is 5.12. The van der Waals surface area contributed by atoms with Crippen LogP contribution < -0.4 is 11.5 Å². The molecule has 0 saturated heterocycles. The number of pyridine rings is 1. The molecule has 20 heavy (non-hydrogen) atoms. The van der Waals surface area contributed by atoms with Crippen LogP contribution in [0.4, 0.5) is 5.82 Å². The van der Waals surface area contributed by atoms with Crippen molar-refractivity contribution >= 4 is 44.5 Å². The van der Waals surface area contributed by atoms with Gasteiger partial charge >= 0.3 is 0 Å². The number of amides is 1. The van der Waals surface area contributed by atoms with Crippen LogP contribution in [-0.2, 0) is 0 Å². The molecule has 0 aliphatic rings. The Hall–Kier alpha value is -2.43. The van der Waals surface area contributed by atoms with E-state index in [1.807, 2.05) is 12.1 Å². The van der Waals surface area contributed by atoms with Crippen molar-refractivity contribution in [3.05, 3.63) is 34.8 Å². The van der Waals surface area contributed by atoms with E-state index in [1.165, 1.54) is 28.9 Å². The Morgan fingerprint density at radius 1 is 1.35 bits per heavy atom. The molecule has 3 aromatic rings. The number of anilines is 1. The number of nitriles is 1. The van der Waals surface area contributed by atoms with Gasteiger partial charge in [-0.05, 0) is 12.1 Å². The molecule has 5 nitrogen and oxygen atoms in total. The molecule has 0 saturated carbocycles. The van der Waals surface area contributed by atoms with Gasteiger partial charge in [0.15, 0.2) is 0 Å². The number of hydrogen-bond acceptors (Lipinski definition) is 6. The topological polar surface area (TPSA) is 106 Å². The van der Waals surface area contributed by atoms with E-state index in [1.54, 1.807) is 5.38 Å². The standard InChI is InChI=1S/C13H8N4OS2/c14-3-6-1-9(19-5-6)10-2-7-11(20-10)8(13(16)18)4-17-12(7)15/h1-2,4-5H,(H2,15,17)(H2,16,18). The molecule has 98 valence electrons. The Morgan fingerprint density at radius 2 is 2.15 bits per heavy atom.